The Morgan fingerprint density at radius 1 is 0.804 bits per heavy atom. The summed E-state index contributed by atoms with van der Waals surface area (Å²) in [6, 6.07) is 29.7. The van der Waals surface area contributed by atoms with Crippen LogP contribution in [0, 0.1) is 0 Å². The fourth-order valence-corrected chi connectivity index (χ4v) is 18.8. The van der Waals surface area contributed by atoms with Gasteiger partial charge in [0.1, 0.15) is 6.10 Å². The molecule has 3 aromatic carbocycles. The molecule has 4 atom stereocenters. The maximum Gasteiger partial charge on any atom is 0.261 e. The SMILES string of the molecule is CC(C)[Si](O[C@H]1C[C@@H](CCO[Si](c2ccccc2)(c2ccccc2)C(C)(C)C)O[C@@]2(OCc3ccccc32)[C@@H]1O)(C(C)C)C(C)C. The van der Waals surface area contributed by atoms with Gasteiger partial charge in [0.05, 0.1) is 18.8 Å². The second-order valence-electron chi connectivity index (χ2n) is 15.3. The summed E-state index contributed by atoms with van der Waals surface area (Å²) in [5, 5.41) is 14.6. The average molecular weight is 661 g/mol. The highest BCUT2D eigenvalue weighted by molar-refractivity contribution is 6.99. The fraction of sp³-hybridized carbons (Fsp3) is 0.538. The molecule has 0 amide bonds. The predicted octanol–water partition coefficient (Wildman–Crippen LogP) is 8.05. The van der Waals surface area contributed by atoms with E-state index in [2.05, 4.69) is 129 Å². The molecule has 3 aromatic rings. The number of benzene rings is 3. The number of ether oxygens (including phenoxy) is 2. The van der Waals surface area contributed by atoms with Crippen LogP contribution < -0.4 is 10.4 Å². The van der Waals surface area contributed by atoms with Crippen molar-refractivity contribution in [3.05, 3.63) is 96.1 Å². The molecule has 0 aromatic heterocycles. The van der Waals surface area contributed by atoms with Crippen molar-refractivity contribution < 1.29 is 23.4 Å². The third kappa shape index (κ3) is 6.13. The van der Waals surface area contributed by atoms with E-state index < -0.39 is 34.6 Å². The standard InChI is InChI=1S/C39H56O5Si2/c1-28(2)45(29(3)4,30(5)6)44-36-26-32(43-39(37(36)40)35-23-17-16-18-31(35)27-41-39)24-25-42-46(38(7,8)9,33-19-12-10-13-20-33)34-21-14-11-15-22-34/h10-23,28-30,32,36-37,40H,24-27H2,1-9H3/t32-,36+,37-,39-/m1/s1. The highest BCUT2D eigenvalue weighted by Gasteiger charge is 2.58. The van der Waals surface area contributed by atoms with Gasteiger partial charge in [-0.05, 0) is 44.0 Å². The lowest BCUT2D eigenvalue weighted by molar-refractivity contribution is -0.344. The number of hydrogen-bond donors (Lipinski definition) is 1. The topological polar surface area (TPSA) is 57.2 Å². The van der Waals surface area contributed by atoms with Gasteiger partial charge >= 0.3 is 0 Å². The number of hydrogen-bond acceptors (Lipinski definition) is 5. The molecule has 1 fully saturated rings. The Morgan fingerprint density at radius 3 is 1.85 bits per heavy atom. The molecule has 7 heteroatoms. The van der Waals surface area contributed by atoms with Gasteiger partial charge in [-0.2, -0.15) is 0 Å². The van der Waals surface area contributed by atoms with Crippen LogP contribution in [0.1, 0.15) is 86.3 Å². The first-order chi connectivity index (χ1) is 21.8. The van der Waals surface area contributed by atoms with E-state index in [9.17, 15) is 5.11 Å². The van der Waals surface area contributed by atoms with Crippen molar-refractivity contribution in [3.63, 3.8) is 0 Å². The molecule has 250 valence electrons. The number of rotatable bonds is 11. The van der Waals surface area contributed by atoms with Gasteiger partial charge in [-0.3, -0.25) is 0 Å². The monoisotopic (exact) mass is 660 g/mol. The minimum Gasteiger partial charge on any atom is -0.410 e. The zero-order valence-corrected chi connectivity index (χ0v) is 31.5. The summed E-state index contributed by atoms with van der Waals surface area (Å²) in [7, 11) is -5.02. The first kappa shape index (κ1) is 35.2. The summed E-state index contributed by atoms with van der Waals surface area (Å²) in [6.07, 6.45) is -0.288. The number of aliphatic hydroxyl groups is 1. The second-order valence-corrected chi connectivity index (χ2v) is 25.0. The van der Waals surface area contributed by atoms with Gasteiger partial charge in [-0.25, -0.2) is 0 Å². The Balaban J connectivity index is 1.49. The maximum absolute atomic E-state index is 12.2. The summed E-state index contributed by atoms with van der Waals surface area (Å²) in [4.78, 5) is 0. The normalized spacial score (nSPS) is 23.9. The molecule has 1 N–H and O–H groups in total. The molecule has 0 unspecified atom stereocenters. The molecular weight excluding hydrogens is 605 g/mol. The average Bonchev–Trinajstić information content (AvgIpc) is 3.38. The van der Waals surface area contributed by atoms with Gasteiger partial charge in [0.15, 0.2) is 0 Å². The van der Waals surface area contributed by atoms with Gasteiger partial charge < -0.3 is 23.4 Å². The minimum absolute atomic E-state index is 0.114. The molecule has 1 saturated heterocycles. The molecule has 5 nitrogen and oxygen atoms in total. The number of fused-ring (bicyclic) bond motifs is 2. The Hall–Kier alpha value is -2.11. The van der Waals surface area contributed by atoms with Crippen LogP contribution in [0.3, 0.4) is 0 Å². The third-order valence-electron chi connectivity index (χ3n) is 10.7. The summed E-state index contributed by atoms with van der Waals surface area (Å²) in [5.41, 5.74) is 3.16. The van der Waals surface area contributed by atoms with E-state index >= 15 is 0 Å². The van der Waals surface area contributed by atoms with Crippen molar-refractivity contribution in [2.45, 2.75) is 128 Å². The molecular formula is C39H56O5Si2. The zero-order valence-electron chi connectivity index (χ0n) is 29.5. The van der Waals surface area contributed by atoms with Crippen LogP contribution in [0.4, 0.5) is 0 Å². The Labute approximate surface area is 279 Å². The lowest BCUT2D eigenvalue weighted by atomic mass is 9.88. The Bertz CT molecular complexity index is 1360. The smallest absolute Gasteiger partial charge is 0.261 e. The number of aliphatic hydroxyl groups excluding tert-OH is 1. The van der Waals surface area contributed by atoms with Gasteiger partial charge in [0, 0.05) is 18.6 Å². The fourth-order valence-electron chi connectivity index (χ4n) is 8.65. The van der Waals surface area contributed by atoms with Crippen LogP contribution in [-0.4, -0.2) is 46.7 Å². The van der Waals surface area contributed by atoms with Crippen LogP contribution in [0.5, 0.6) is 0 Å². The van der Waals surface area contributed by atoms with Gasteiger partial charge in [-0.1, -0.05) is 147 Å². The van der Waals surface area contributed by atoms with Crippen LogP contribution in [-0.2, 0) is 30.7 Å². The first-order valence-electron chi connectivity index (χ1n) is 17.3. The van der Waals surface area contributed by atoms with E-state index in [1.807, 2.05) is 18.2 Å². The van der Waals surface area contributed by atoms with E-state index in [4.69, 9.17) is 18.3 Å². The molecule has 0 saturated carbocycles. The van der Waals surface area contributed by atoms with E-state index in [1.165, 1.54) is 10.4 Å². The van der Waals surface area contributed by atoms with Crippen LogP contribution in [0.15, 0.2) is 84.9 Å². The van der Waals surface area contributed by atoms with E-state index in [1.54, 1.807) is 0 Å². The highest BCUT2D eigenvalue weighted by atomic mass is 28.4. The maximum atomic E-state index is 12.2. The van der Waals surface area contributed by atoms with Gasteiger partial charge in [0.2, 0.25) is 14.1 Å². The quantitative estimate of drug-likeness (QED) is 0.211. The molecule has 2 aliphatic rings. The van der Waals surface area contributed by atoms with Gasteiger partial charge in [-0.15, -0.1) is 0 Å². The summed E-state index contributed by atoms with van der Waals surface area (Å²) < 4.78 is 28.0. The third-order valence-corrected chi connectivity index (χ3v) is 21.8. The van der Waals surface area contributed by atoms with Crippen molar-refractivity contribution in [3.8, 4) is 0 Å². The molecule has 46 heavy (non-hydrogen) atoms. The van der Waals surface area contributed by atoms with Crippen LogP contribution in [0.25, 0.3) is 0 Å². The molecule has 1 spiro atoms. The first-order valence-corrected chi connectivity index (χ1v) is 21.4. The predicted molar refractivity (Wildman–Crippen MR) is 193 cm³/mol. The van der Waals surface area contributed by atoms with Crippen molar-refractivity contribution in [2.24, 2.45) is 0 Å². The van der Waals surface area contributed by atoms with E-state index in [-0.39, 0.29) is 11.1 Å². The zero-order chi connectivity index (χ0) is 33.3. The van der Waals surface area contributed by atoms with Crippen LogP contribution in [0.2, 0.25) is 21.7 Å². The lowest BCUT2D eigenvalue weighted by Crippen LogP contribution is -2.66. The van der Waals surface area contributed by atoms with E-state index in [0.717, 1.165) is 11.1 Å². The summed E-state index contributed by atoms with van der Waals surface area (Å²) in [6.45, 7) is 21.6. The van der Waals surface area contributed by atoms with Crippen molar-refractivity contribution in [1.82, 2.24) is 0 Å². The Morgan fingerprint density at radius 2 is 1.33 bits per heavy atom. The summed E-state index contributed by atoms with van der Waals surface area (Å²) in [5.74, 6) is -1.26. The van der Waals surface area contributed by atoms with E-state index in [0.29, 0.717) is 42.7 Å². The van der Waals surface area contributed by atoms with Crippen molar-refractivity contribution in [1.29, 1.82) is 0 Å². The molecule has 2 aliphatic heterocycles. The molecule has 0 bridgehead atoms. The summed E-state index contributed by atoms with van der Waals surface area (Å²) >= 11 is 0. The van der Waals surface area contributed by atoms with Crippen LogP contribution >= 0.6 is 0 Å². The lowest BCUT2D eigenvalue weighted by Gasteiger charge is -2.51. The molecule has 2 heterocycles. The minimum atomic E-state index is -2.71. The highest BCUT2D eigenvalue weighted by Crippen LogP contribution is 2.50. The molecule has 0 radical (unpaired) electrons. The van der Waals surface area contributed by atoms with Crippen molar-refractivity contribution in [2.75, 3.05) is 6.61 Å². The molecule has 0 aliphatic carbocycles. The largest absolute Gasteiger partial charge is 0.410 e. The van der Waals surface area contributed by atoms with Gasteiger partial charge in [0.25, 0.3) is 8.32 Å². The van der Waals surface area contributed by atoms with Crippen molar-refractivity contribution >= 4 is 27.0 Å². The molecule has 5 rings (SSSR count). The second kappa shape index (κ2) is 13.8. The Kier molecular flexibility index (Phi) is 10.6.